The molecule has 0 aliphatic carbocycles. The maximum Gasteiger partial charge on any atom is 0.235 e. The zero-order chi connectivity index (χ0) is 12.7. The zero-order valence-corrected chi connectivity index (χ0v) is 11.4. The predicted octanol–water partition coefficient (Wildman–Crippen LogP) is 3.58. The first-order valence-corrected chi connectivity index (χ1v) is 7.48. The Morgan fingerprint density at radius 1 is 0.947 bits per heavy atom. The summed E-state index contributed by atoms with van der Waals surface area (Å²) in [6.45, 7) is 0. The van der Waals surface area contributed by atoms with Gasteiger partial charge in [0.15, 0.2) is 5.82 Å². The summed E-state index contributed by atoms with van der Waals surface area (Å²) in [5.74, 6) is 0.785. The van der Waals surface area contributed by atoms with Crippen molar-refractivity contribution in [1.82, 2.24) is 19.8 Å². The molecule has 0 bridgehead atoms. The highest BCUT2D eigenvalue weighted by Crippen LogP contribution is 2.29. The van der Waals surface area contributed by atoms with E-state index in [4.69, 9.17) is 0 Å². The van der Waals surface area contributed by atoms with Crippen LogP contribution in [-0.2, 0) is 0 Å². The van der Waals surface area contributed by atoms with Crippen LogP contribution in [0, 0.1) is 0 Å². The van der Waals surface area contributed by atoms with Crippen molar-refractivity contribution >= 4 is 27.6 Å². The summed E-state index contributed by atoms with van der Waals surface area (Å²) in [6, 6.07) is 12.1. The van der Waals surface area contributed by atoms with Crippen molar-refractivity contribution in [3.63, 3.8) is 0 Å². The molecule has 0 aliphatic rings. The third-order valence-electron chi connectivity index (χ3n) is 2.79. The zero-order valence-electron chi connectivity index (χ0n) is 9.72. The summed E-state index contributed by atoms with van der Waals surface area (Å²) in [5.41, 5.74) is 2.16. The van der Waals surface area contributed by atoms with E-state index in [9.17, 15) is 0 Å². The van der Waals surface area contributed by atoms with Gasteiger partial charge in [0.1, 0.15) is 5.01 Å². The highest BCUT2D eigenvalue weighted by molar-refractivity contribution is 7.20. The number of rotatable bonds is 2. The van der Waals surface area contributed by atoms with Gasteiger partial charge in [0.25, 0.3) is 0 Å². The van der Waals surface area contributed by atoms with Crippen LogP contribution in [0.25, 0.3) is 26.9 Å². The molecule has 0 saturated carbocycles. The third-order valence-corrected chi connectivity index (χ3v) is 4.42. The minimum Gasteiger partial charge on any atom is -0.182 e. The Labute approximate surface area is 117 Å². The highest BCUT2D eigenvalue weighted by Gasteiger charge is 2.14. The molecule has 4 aromatic rings. The average molecular weight is 284 g/mol. The number of thiophene rings is 1. The van der Waals surface area contributed by atoms with Crippen molar-refractivity contribution in [3.8, 4) is 22.0 Å². The van der Waals surface area contributed by atoms with Gasteiger partial charge in [-0.25, -0.2) is 0 Å². The van der Waals surface area contributed by atoms with Crippen LogP contribution in [-0.4, -0.2) is 19.8 Å². The minimum atomic E-state index is 0.785. The smallest absolute Gasteiger partial charge is 0.182 e. The van der Waals surface area contributed by atoms with E-state index in [0.717, 1.165) is 26.9 Å². The normalized spacial score (nSPS) is 11.2. The van der Waals surface area contributed by atoms with Gasteiger partial charge in [0.2, 0.25) is 4.96 Å². The monoisotopic (exact) mass is 284 g/mol. The lowest BCUT2D eigenvalue weighted by Gasteiger charge is -1.95. The minimum absolute atomic E-state index is 0.785. The van der Waals surface area contributed by atoms with E-state index < -0.39 is 0 Å². The van der Waals surface area contributed by atoms with Crippen LogP contribution in [0.1, 0.15) is 0 Å². The Kier molecular flexibility index (Phi) is 2.43. The molecule has 0 radical (unpaired) electrons. The first kappa shape index (κ1) is 10.8. The van der Waals surface area contributed by atoms with Gasteiger partial charge in [-0.2, -0.15) is 21.0 Å². The standard InChI is InChI=1S/C13H8N4S2/c1-2-4-9(5-3-1)11-14-15-13-17(11)16-12(19-13)10-6-7-18-8-10/h1-8H. The quantitative estimate of drug-likeness (QED) is 0.565. The molecule has 92 valence electrons. The molecule has 0 spiro atoms. The van der Waals surface area contributed by atoms with E-state index >= 15 is 0 Å². The van der Waals surface area contributed by atoms with Crippen LogP contribution >= 0.6 is 22.7 Å². The van der Waals surface area contributed by atoms with E-state index in [1.165, 1.54) is 0 Å². The molecule has 0 amide bonds. The molecule has 6 heteroatoms. The van der Waals surface area contributed by atoms with Gasteiger partial charge >= 0.3 is 0 Å². The Morgan fingerprint density at radius 2 is 1.84 bits per heavy atom. The van der Waals surface area contributed by atoms with E-state index in [2.05, 4.69) is 32.1 Å². The van der Waals surface area contributed by atoms with Crippen LogP contribution in [0.5, 0.6) is 0 Å². The molecule has 0 aliphatic heterocycles. The van der Waals surface area contributed by atoms with Gasteiger partial charge in [-0.3, -0.25) is 0 Å². The number of fused-ring (bicyclic) bond motifs is 1. The summed E-state index contributed by atoms with van der Waals surface area (Å²) in [4.78, 5) is 0.819. The number of hydrogen-bond acceptors (Lipinski definition) is 5. The van der Waals surface area contributed by atoms with Crippen molar-refractivity contribution in [1.29, 1.82) is 0 Å². The summed E-state index contributed by atoms with van der Waals surface area (Å²) >= 11 is 3.22. The lowest BCUT2D eigenvalue weighted by atomic mass is 10.2. The fraction of sp³-hybridized carbons (Fsp3) is 0. The second-order valence-electron chi connectivity index (χ2n) is 4.00. The number of benzene rings is 1. The summed E-state index contributed by atoms with van der Waals surface area (Å²) < 4.78 is 1.81. The molecule has 1 aromatic carbocycles. The lowest BCUT2D eigenvalue weighted by Crippen LogP contribution is -1.90. The van der Waals surface area contributed by atoms with Gasteiger partial charge in [0.05, 0.1) is 0 Å². The first-order chi connectivity index (χ1) is 9.42. The van der Waals surface area contributed by atoms with E-state index in [-0.39, 0.29) is 0 Å². The molecular weight excluding hydrogens is 276 g/mol. The van der Waals surface area contributed by atoms with Crippen LogP contribution < -0.4 is 0 Å². The average Bonchev–Trinajstić information content (AvgIpc) is 3.15. The van der Waals surface area contributed by atoms with Gasteiger partial charge in [-0.05, 0) is 11.4 Å². The van der Waals surface area contributed by atoms with Crippen molar-refractivity contribution in [2.45, 2.75) is 0 Å². The summed E-state index contributed by atoms with van der Waals surface area (Å²) in [7, 11) is 0. The van der Waals surface area contributed by atoms with Crippen LogP contribution in [0.4, 0.5) is 0 Å². The molecular formula is C13H8N4S2. The maximum absolute atomic E-state index is 4.61. The van der Waals surface area contributed by atoms with E-state index in [1.54, 1.807) is 22.7 Å². The molecule has 4 nitrogen and oxygen atoms in total. The van der Waals surface area contributed by atoms with Gasteiger partial charge in [-0.15, -0.1) is 10.2 Å². The maximum atomic E-state index is 4.61. The Morgan fingerprint density at radius 3 is 2.63 bits per heavy atom. The number of aromatic nitrogens is 4. The predicted molar refractivity (Wildman–Crippen MR) is 77.4 cm³/mol. The fourth-order valence-electron chi connectivity index (χ4n) is 1.89. The molecule has 19 heavy (non-hydrogen) atoms. The molecule has 0 saturated heterocycles. The second kappa shape index (κ2) is 4.25. The Bertz CT molecular complexity index is 815. The van der Waals surface area contributed by atoms with Gasteiger partial charge in [0, 0.05) is 16.5 Å². The summed E-state index contributed by atoms with van der Waals surface area (Å²) in [5, 5.41) is 18.1. The fourth-order valence-corrected chi connectivity index (χ4v) is 3.44. The highest BCUT2D eigenvalue weighted by atomic mass is 32.1. The van der Waals surface area contributed by atoms with E-state index in [1.807, 2.05) is 34.8 Å². The van der Waals surface area contributed by atoms with Crippen molar-refractivity contribution in [2.24, 2.45) is 0 Å². The first-order valence-electron chi connectivity index (χ1n) is 5.72. The number of hydrogen-bond donors (Lipinski definition) is 0. The number of nitrogens with zero attached hydrogens (tertiary/aromatic N) is 4. The van der Waals surface area contributed by atoms with Crippen molar-refractivity contribution in [3.05, 3.63) is 47.2 Å². The van der Waals surface area contributed by atoms with Crippen LogP contribution in [0.15, 0.2) is 47.2 Å². The molecule has 4 rings (SSSR count). The largest absolute Gasteiger partial charge is 0.235 e. The second-order valence-corrected chi connectivity index (χ2v) is 5.74. The summed E-state index contributed by atoms with van der Waals surface area (Å²) in [6.07, 6.45) is 0. The molecule has 3 heterocycles. The topological polar surface area (TPSA) is 43.1 Å². The van der Waals surface area contributed by atoms with Crippen molar-refractivity contribution in [2.75, 3.05) is 0 Å². The van der Waals surface area contributed by atoms with Crippen LogP contribution in [0.3, 0.4) is 0 Å². The van der Waals surface area contributed by atoms with Crippen molar-refractivity contribution < 1.29 is 0 Å². The third kappa shape index (κ3) is 1.76. The molecule has 3 aromatic heterocycles. The van der Waals surface area contributed by atoms with E-state index in [0.29, 0.717) is 0 Å². The van der Waals surface area contributed by atoms with Crippen LogP contribution in [0.2, 0.25) is 0 Å². The molecule has 0 atom stereocenters. The SMILES string of the molecule is c1ccc(-c2nnc3sc(-c4ccsc4)nn23)cc1. The van der Waals surface area contributed by atoms with Gasteiger partial charge < -0.3 is 0 Å². The Balaban J connectivity index is 1.90. The lowest BCUT2D eigenvalue weighted by molar-refractivity contribution is 0.971. The molecule has 0 unspecified atom stereocenters. The van der Waals surface area contributed by atoms with Gasteiger partial charge in [-0.1, -0.05) is 41.7 Å². The molecule has 0 N–H and O–H groups in total. The Hall–Kier alpha value is -2.05. The molecule has 0 fully saturated rings.